The van der Waals surface area contributed by atoms with Crippen LogP contribution in [0.2, 0.25) is 10.0 Å². The number of sulfonamides is 1. The minimum atomic E-state index is -3.97. The van der Waals surface area contributed by atoms with Crippen molar-refractivity contribution in [2.24, 2.45) is 5.41 Å². The van der Waals surface area contributed by atoms with Gasteiger partial charge in [0.1, 0.15) is 11.5 Å². The summed E-state index contributed by atoms with van der Waals surface area (Å²) >= 11 is 13.4. The lowest BCUT2D eigenvalue weighted by Gasteiger charge is -2.44. The Balaban J connectivity index is 1.44. The summed E-state index contributed by atoms with van der Waals surface area (Å²) in [6, 6.07) is 10.2. The van der Waals surface area contributed by atoms with Crippen molar-refractivity contribution in [2.75, 3.05) is 13.1 Å². The molecule has 194 valence electrons. The van der Waals surface area contributed by atoms with E-state index in [0.717, 1.165) is 16.8 Å². The number of Topliss-reactive ketones (excluding diaryl/α,β-unsaturated/α-hetero) is 1. The van der Waals surface area contributed by atoms with Crippen LogP contribution >= 0.6 is 34.5 Å². The van der Waals surface area contributed by atoms with Gasteiger partial charge in [-0.05, 0) is 66.9 Å². The van der Waals surface area contributed by atoms with Crippen molar-refractivity contribution >= 4 is 56.4 Å². The summed E-state index contributed by atoms with van der Waals surface area (Å²) in [4.78, 5) is 18.3. The van der Waals surface area contributed by atoms with Gasteiger partial charge in [0.05, 0.1) is 43.4 Å². The van der Waals surface area contributed by atoms with Crippen molar-refractivity contribution in [3.63, 3.8) is 0 Å². The first-order valence-electron chi connectivity index (χ1n) is 11.6. The van der Waals surface area contributed by atoms with E-state index in [1.807, 2.05) is 6.08 Å². The number of rotatable bonds is 5. The van der Waals surface area contributed by atoms with Crippen LogP contribution in [0.4, 0.5) is 4.39 Å². The van der Waals surface area contributed by atoms with E-state index in [0.29, 0.717) is 17.8 Å². The molecule has 0 saturated carbocycles. The predicted octanol–water partition coefficient (Wildman–Crippen LogP) is 5.68. The van der Waals surface area contributed by atoms with Crippen LogP contribution in [0.3, 0.4) is 0 Å². The Bertz CT molecular complexity index is 1700. The summed E-state index contributed by atoms with van der Waals surface area (Å²) in [5, 5.41) is 6.57. The van der Waals surface area contributed by atoms with Gasteiger partial charge in [0.25, 0.3) is 0 Å². The van der Waals surface area contributed by atoms with Crippen molar-refractivity contribution < 1.29 is 17.6 Å². The highest BCUT2D eigenvalue weighted by molar-refractivity contribution is 7.89. The normalized spacial score (nSPS) is 19.5. The zero-order valence-corrected chi connectivity index (χ0v) is 22.8. The zero-order valence-electron chi connectivity index (χ0n) is 19.6. The van der Waals surface area contributed by atoms with Gasteiger partial charge in [-0.1, -0.05) is 28.8 Å². The van der Waals surface area contributed by atoms with E-state index in [4.69, 9.17) is 23.2 Å². The van der Waals surface area contributed by atoms with E-state index in [1.165, 1.54) is 46.0 Å². The molecule has 2 aromatic heterocycles. The highest BCUT2D eigenvalue weighted by atomic mass is 35.5. The Kier molecular flexibility index (Phi) is 6.27. The molecule has 6 rings (SSSR count). The molecule has 12 heteroatoms. The fourth-order valence-electron chi connectivity index (χ4n) is 5.17. The summed E-state index contributed by atoms with van der Waals surface area (Å²) in [6.07, 6.45) is 4.18. The second-order valence-electron chi connectivity index (χ2n) is 9.24. The molecule has 0 unspecified atom stereocenters. The largest absolute Gasteiger partial charge is 0.291 e. The molecule has 0 spiro atoms. The smallest absolute Gasteiger partial charge is 0.243 e. The molecule has 0 bridgehead atoms. The van der Waals surface area contributed by atoms with Gasteiger partial charge in [-0.15, -0.1) is 11.3 Å². The van der Waals surface area contributed by atoms with E-state index < -0.39 is 15.4 Å². The average molecular weight is 590 g/mol. The number of benzene rings is 2. The molecule has 0 radical (unpaired) electrons. The third-order valence-electron chi connectivity index (χ3n) is 7.08. The van der Waals surface area contributed by atoms with Crippen LogP contribution in [0.1, 0.15) is 28.2 Å². The summed E-state index contributed by atoms with van der Waals surface area (Å²) in [7, 11) is -3.97. The lowest BCUT2D eigenvalue weighted by molar-refractivity contribution is 0.0771. The first-order chi connectivity index (χ1) is 18.2. The molecule has 1 aliphatic carbocycles. The van der Waals surface area contributed by atoms with Crippen LogP contribution in [0, 0.1) is 11.2 Å². The van der Waals surface area contributed by atoms with E-state index >= 15 is 0 Å². The summed E-state index contributed by atoms with van der Waals surface area (Å²) in [5.74, 6) is -0.587. The van der Waals surface area contributed by atoms with Gasteiger partial charge in [-0.25, -0.2) is 22.5 Å². The molecule has 3 heterocycles. The van der Waals surface area contributed by atoms with Gasteiger partial charge in [0.15, 0.2) is 5.78 Å². The molecule has 7 nitrogen and oxygen atoms in total. The molecule has 1 saturated heterocycles. The van der Waals surface area contributed by atoms with E-state index in [2.05, 4.69) is 10.1 Å². The Morgan fingerprint density at radius 2 is 1.89 bits per heavy atom. The summed E-state index contributed by atoms with van der Waals surface area (Å²) in [6.45, 7) is 0.124. The van der Waals surface area contributed by atoms with E-state index in [9.17, 15) is 17.6 Å². The average Bonchev–Trinajstić information content (AvgIpc) is 3.59. The van der Waals surface area contributed by atoms with Gasteiger partial charge in [-0.2, -0.15) is 9.40 Å². The summed E-state index contributed by atoms with van der Waals surface area (Å²) in [5.41, 5.74) is 3.80. The van der Waals surface area contributed by atoms with Crippen molar-refractivity contribution in [3.8, 4) is 5.69 Å². The molecule has 2 aliphatic rings. The van der Waals surface area contributed by atoms with E-state index in [1.54, 1.807) is 33.9 Å². The summed E-state index contributed by atoms with van der Waals surface area (Å²) < 4.78 is 43.9. The van der Waals surface area contributed by atoms with Gasteiger partial charge < -0.3 is 0 Å². The van der Waals surface area contributed by atoms with Gasteiger partial charge >= 0.3 is 0 Å². The van der Waals surface area contributed by atoms with Crippen molar-refractivity contribution in [2.45, 2.75) is 17.7 Å². The third-order valence-corrected chi connectivity index (χ3v) is 10.2. The van der Waals surface area contributed by atoms with E-state index in [-0.39, 0.29) is 46.1 Å². The number of ketones is 1. The number of nitrogens with zero attached hydrogens (tertiary/aromatic N) is 4. The van der Waals surface area contributed by atoms with Crippen molar-refractivity contribution in [3.05, 3.63) is 97.9 Å². The molecule has 1 atom stereocenters. The monoisotopic (exact) mass is 588 g/mol. The van der Waals surface area contributed by atoms with Crippen LogP contribution < -0.4 is 0 Å². The lowest BCUT2D eigenvalue weighted by Crippen LogP contribution is -2.53. The lowest BCUT2D eigenvalue weighted by atomic mass is 9.65. The molecular formula is C26H19Cl2FN4O3S2. The van der Waals surface area contributed by atoms with Crippen LogP contribution in [0.5, 0.6) is 0 Å². The Labute approximate surface area is 232 Å². The Morgan fingerprint density at radius 1 is 1.11 bits per heavy atom. The number of hydrogen-bond acceptors (Lipinski definition) is 6. The molecule has 4 aromatic rings. The van der Waals surface area contributed by atoms with Gasteiger partial charge in [0, 0.05) is 18.5 Å². The number of halogens is 3. The number of piperidine rings is 1. The Hall–Kier alpha value is -2.89. The fourth-order valence-corrected chi connectivity index (χ4v) is 7.59. The van der Waals surface area contributed by atoms with Crippen LogP contribution in [0.15, 0.2) is 70.0 Å². The maximum atomic E-state index is 14.0. The minimum Gasteiger partial charge on any atom is -0.291 e. The maximum Gasteiger partial charge on any atom is 0.243 e. The minimum absolute atomic E-state index is 0.0104. The van der Waals surface area contributed by atoms with Gasteiger partial charge in [0.2, 0.25) is 10.0 Å². The molecule has 1 fully saturated rings. The second-order valence-corrected chi connectivity index (χ2v) is 12.7. The fraction of sp³-hybridized carbons (Fsp3) is 0.192. The highest BCUT2D eigenvalue weighted by Gasteiger charge is 2.51. The van der Waals surface area contributed by atoms with Crippen LogP contribution in [-0.2, 0) is 16.4 Å². The zero-order chi connectivity index (χ0) is 26.7. The number of carbonyl (C=O) groups excluding carboxylic acids is 1. The standard InChI is InChI=1S/C26H19Cl2FN4O3S2/c27-21-6-5-20(10-22(21)28)38(35,36)32-8-7-17-9-24-16(12-31-33(24)19-3-1-18(29)2-4-19)11-26(17,14-32)25(34)23-13-37-15-30-23/h1-6,9-10,12-13,15H,7-8,11,14H2/t26-/m0/s1. The SMILES string of the molecule is O=C(c1cscn1)[C@]12Cc3cnn(-c4ccc(F)cc4)c3C=C1CCN(S(=O)(=O)c1ccc(Cl)c(Cl)c1)C2. The maximum absolute atomic E-state index is 14.0. The quantitative estimate of drug-likeness (QED) is 0.280. The van der Waals surface area contributed by atoms with Gasteiger partial charge in [-0.3, -0.25) is 4.79 Å². The number of hydrogen-bond donors (Lipinski definition) is 0. The molecule has 1 aliphatic heterocycles. The number of thiazole rings is 1. The number of fused-ring (bicyclic) bond motifs is 2. The highest BCUT2D eigenvalue weighted by Crippen LogP contribution is 2.47. The molecular weight excluding hydrogens is 570 g/mol. The Morgan fingerprint density at radius 3 is 2.61 bits per heavy atom. The number of carbonyl (C=O) groups is 1. The second kappa shape index (κ2) is 9.39. The van der Waals surface area contributed by atoms with Crippen molar-refractivity contribution in [1.29, 1.82) is 0 Å². The van der Waals surface area contributed by atoms with Crippen LogP contribution in [0.25, 0.3) is 11.8 Å². The molecule has 2 aromatic carbocycles. The topological polar surface area (TPSA) is 85.2 Å². The molecule has 0 N–H and O–H groups in total. The van der Waals surface area contributed by atoms with Crippen LogP contribution in [-0.4, -0.2) is 46.4 Å². The predicted molar refractivity (Wildman–Crippen MR) is 144 cm³/mol. The van der Waals surface area contributed by atoms with Crippen molar-refractivity contribution in [1.82, 2.24) is 19.1 Å². The first-order valence-corrected chi connectivity index (χ1v) is 14.7. The molecule has 0 amide bonds. The first kappa shape index (κ1) is 25.4. The molecule has 38 heavy (non-hydrogen) atoms. The third kappa shape index (κ3) is 4.11. The number of aromatic nitrogens is 3.